The van der Waals surface area contributed by atoms with Gasteiger partial charge in [-0.2, -0.15) is 5.10 Å². The van der Waals surface area contributed by atoms with Crippen molar-refractivity contribution >= 4 is 17.8 Å². The third-order valence-corrected chi connectivity index (χ3v) is 3.76. The Morgan fingerprint density at radius 1 is 1.15 bits per heavy atom. The lowest BCUT2D eigenvalue weighted by Crippen LogP contribution is -2.18. The van der Waals surface area contributed by atoms with Gasteiger partial charge in [0.1, 0.15) is 11.5 Å². The third kappa shape index (κ3) is 6.12. The van der Waals surface area contributed by atoms with Gasteiger partial charge in [-0.25, -0.2) is 5.43 Å². The molecule has 0 aliphatic rings. The fourth-order valence-corrected chi connectivity index (χ4v) is 2.39. The van der Waals surface area contributed by atoms with Crippen LogP contribution in [0.2, 0.25) is 0 Å². The van der Waals surface area contributed by atoms with E-state index in [-0.39, 0.29) is 5.91 Å². The average molecular weight is 355 g/mol. The molecule has 0 aromatic heterocycles. The molecule has 2 rings (SSSR count). The van der Waals surface area contributed by atoms with Crippen LogP contribution in [0.4, 0.5) is 5.69 Å². The number of nitrogens with zero attached hydrogens (tertiary/aromatic N) is 1. The van der Waals surface area contributed by atoms with Crippen molar-refractivity contribution in [2.45, 2.75) is 19.8 Å². The van der Waals surface area contributed by atoms with E-state index in [4.69, 9.17) is 9.47 Å². The summed E-state index contributed by atoms with van der Waals surface area (Å²) in [5, 5.41) is 7.29. The zero-order chi connectivity index (χ0) is 18.8. The molecule has 1 amide bonds. The first-order chi connectivity index (χ1) is 12.6. The lowest BCUT2D eigenvalue weighted by Gasteiger charge is -2.07. The van der Waals surface area contributed by atoms with Crippen LogP contribution in [-0.4, -0.2) is 32.9 Å². The minimum Gasteiger partial charge on any atom is -0.497 e. The summed E-state index contributed by atoms with van der Waals surface area (Å²) in [5.74, 6) is 1.20. The number of aryl methyl sites for hydroxylation is 1. The number of hydrazone groups is 1. The van der Waals surface area contributed by atoms with E-state index in [9.17, 15) is 4.79 Å². The summed E-state index contributed by atoms with van der Waals surface area (Å²) in [5.41, 5.74) is 5.56. The van der Waals surface area contributed by atoms with E-state index in [0.717, 1.165) is 24.2 Å². The molecule has 0 saturated carbocycles. The molecule has 0 saturated heterocycles. The Morgan fingerprint density at radius 3 is 2.73 bits per heavy atom. The van der Waals surface area contributed by atoms with Crippen LogP contribution >= 0.6 is 0 Å². The first kappa shape index (κ1) is 19.3. The van der Waals surface area contributed by atoms with E-state index in [2.05, 4.69) is 34.9 Å². The molecule has 0 atom stereocenters. The second-order valence-corrected chi connectivity index (χ2v) is 5.80. The summed E-state index contributed by atoms with van der Waals surface area (Å²) < 4.78 is 10.4. The number of hydrogen-bond acceptors (Lipinski definition) is 5. The number of nitrogens with one attached hydrogen (secondary N) is 2. The Hall–Kier alpha value is -3.02. The van der Waals surface area contributed by atoms with Gasteiger partial charge in [0.15, 0.2) is 0 Å². The van der Waals surface area contributed by atoms with Crippen LogP contribution < -0.4 is 20.2 Å². The largest absolute Gasteiger partial charge is 0.497 e. The molecule has 0 aliphatic carbocycles. The maximum atomic E-state index is 11.8. The number of anilines is 1. The molecule has 2 aromatic carbocycles. The molecule has 2 aromatic rings. The van der Waals surface area contributed by atoms with Gasteiger partial charge in [0, 0.05) is 30.3 Å². The van der Waals surface area contributed by atoms with Crippen LogP contribution in [0.15, 0.2) is 47.6 Å². The molecule has 2 N–H and O–H groups in total. The van der Waals surface area contributed by atoms with Crippen molar-refractivity contribution in [1.29, 1.82) is 0 Å². The quantitative estimate of drug-likeness (QED) is 0.411. The second kappa shape index (κ2) is 10.1. The Kier molecular flexibility index (Phi) is 7.49. The van der Waals surface area contributed by atoms with E-state index in [1.54, 1.807) is 26.5 Å². The summed E-state index contributed by atoms with van der Waals surface area (Å²) in [4.78, 5) is 11.8. The predicted molar refractivity (Wildman–Crippen MR) is 104 cm³/mol. The van der Waals surface area contributed by atoms with E-state index >= 15 is 0 Å². The van der Waals surface area contributed by atoms with E-state index in [1.807, 2.05) is 24.3 Å². The summed E-state index contributed by atoms with van der Waals surface area (Å²) in [7, 11) is 3.17. The smallest absolute Gasteiger partial charge is 0.240 e. The second-order valence-electron chi connectivity index (χ2n) is 5.80. The Balaban J connectivity index is 1.73. The predicted octanol–water partition coefficient (Wildman–Crippen LogP) is 3.35. The third-order valence-electron chi connectivity index (χ3n) is 3.76. The topological polar surface area (TPSA) is 72.0 Å². The SMILES string of the molecule is COc1ccc(/C=N/NC(=O)CCCNc2cccc(C)c2)c(OC)c1. The zero-order valence-electron chi connectivity index (χ0n) is 15.4. The molecule has 0 bridgehead atoms. The highest BCUT2D eigenvalue weighted by Crippen LogP contribution is 2.22. The van der Waals surface area contributed by atoms with E-state index in [0.29, 0.717) is 17.9 Å². The van der Waals surface area contributed by atoms with Crippen LogP contribution in [0.5, 0.6) is 11.5 Å². The maximum Gasteiger partial charge on any atom is 0.240 e. The molecule has 6 nitrogen and oxygen atoms in total. The molecule has 138 valence electrons. The van der Waals surface area contributed by atoms with Crippen LogP contribution in [0.3, 0.4) is 0 Å². The number of amides is 1. The molecule has 26 heavy (non-hydrogen) atoms. The van der Waals surface area contributed by atoms with Gasteiger partial charge in [-0.1, -0.05) is 12.1 Å². The van der Waals surface area contributed by atoms with Crippen molar-refractivity contribution in [1.82, 2.24) is 5.43 Å². The van der Waals surface area contributed by atoms with Crippen LogP contribution in [0, 0.1) is 6.92 Å². The summed E-state index contributed by atoms with van der Waals surface area (Å²) >= 11 is 0. The van der Waals surface area contributed by atoms with Crippen molar-refractivity contribution in [2.24, 2.45) is 5.10 Å². The van der Waals surface area contributed by atoms with Crippen molar-refractivity contribution in [3.8, 4) is 11.5 Å². The van der Waals surface area contributed by atoms with E-state index < -0.39 is 0 Å². The van der Waals surface area contributed by atoms with Crippen molar-refractivity contribution in [3.63, 3.8) is 0 Å². The van der Waals surface area contributed by atoms with Crippen LogP contribution in [0.25, 0.3) is 0 Å². The summed E-state index contributed by atoms with van der Waals surface area (Å²) in [6, 6.07) is 13.5. The molecular formula is C20H25N3O3. The average Bonchev–Trinajstić information content (AvgIpc) is 2.65. The Morgan fingerprint density at radius 2 is 2.00 bits per heavy atom. The highest BCUT2D eigenvalue weighted by Gasteiger charge is 2.03. The first-order valence-corrected chi connectivity index (χ1v) is 8.47. The van der Waals surface area contributed by atoms with Gasteiger partial charge < -0.3 is 14.8 Å². The number of rotatable bonds is 9. The number of methoxy groups -OCH3 is 2. The van der Waals surface area contributed by atoms with Gasteiger partial charge in [-0.15, -0.1) is 0 Å². The minimum atomic E-state index is -0.125. The molecule has 0 heterocycles. The maximum absolute atomic E-state index is 11.8. The first-order valence-electron chi connectivity index (χ1n) is 8.47. The fourth-order valence-electron chi connectivity index (χ4n) is 2.39. The Labute approximate surface area is 154 Å². The molecule has 0 fully saturated rings. The standard InChI is InChI=1S/C20H25N3O3/c1-15-6-4-7-17(12-15)21-11-5-8-20(24)23-22-14-16-9-10-18(25-2)13-19(16)26-3/h4,6-7,9-10,12-14,21H,5,8,11H2,1-3H3,(H,23,24)/b22-14+. The highest BCUT2D eigenvalue weighted by atomic mass is 16.5. The van der Waals surface area contributed by atoms with Crippen molar-refractivity contribution in [2.75, 3.05) is 26.1 Å². The monoisotopic (exact) mass is 355 g/mol. The highest BCUT2D eigenvalue weighted by molar-refractivity contribution is 5.85. The van der Waals surface area contributed by atoms with Gasteiger partial charge in [0.05, 0.1) is 20.4 Å². The number of carbonyl (C=O) groups is 1. The van der Waals surface area contributed by atoms with Crippen molar-refractivity contribution in [3.05, 3.63) is 53.6 Å². The van der Waals surface area contributed by atoms with Gasteiger partial charge in [-0.3, -0.25) is 4.79 Å². The number of ether oxygens (including phenoxy) is 2. The summed E-state index contributed by atoms with van der Waals surface area (Å²) in [6.07, 6.45) is 2.68. The molecule has 0 unspecified atom stereocenters. The number of hydrogen-bond donors (Lipinski definition) is 2. The van der Waals surface area contributed by atoms with Gasteiger partial charge in [-0.05, 0) is 43.2 Å². The lowest BCUT2D eigenvalue weighted by atomic mass is 10.2. The molecule has 0 spiro atoms. The van der Waals surface area contributed by atoms with E-state index in [1.165, 1.54) is 5.56 Å². The lowest BCUT2D eigenvalue weighted by molar-refractivity contribution is -0.121. The number of carbonyl (C=O) groups excluding carboxylic acids is 1. The molecule has 0 aliphatic heterocycles. The van der Waals surface area contributed by atoms with Crippen LogP contribution in [0.1, 0.15) is 24.0 Å². The van der Waals surface area contributed by atoms with Gasteiger partial charge in [0.25, 0.3) is 0 Å². The fraction of sp³-hybridized carbons (Fsp3) is 0.300. The van der Waals surface area contributed by atoms with Crippen LogP contribution in [-0.2, 0) is 4.79 Å². The molecular weight excluding hydrogens is 330 g/mol. The minimum absolute atomic E-state index is 0.125. The zero-order valence-corrected chi connectivity index (χ0v) is 15.4. The van der Waals surface area contributed by atoms with Gasteiger partial charge >= 0.3 is 0 Å². The normalized spacial score (nSPS) is 10.6. The Bertz CT molecular complexity index is 760. The number of benzene rings is 2. The molecule has 6 heteroatoms. The van der Waals surface area contributed by atoms with Crippen molar-refractivity contribution < 1.29 is 14.3 Å². The summed E-state index contributed by atoms with van der Waals surface area (Å²) in [6.45, 7) is 2.78. The molecule has 0 radical (unpaired) electrons. The van der Waals surface area contributed by atoms with Gasteiger partial charge in [0.2, 0.25) is 5.91 Å².